The van der Waals surface area contributed by atoms with Gasteiger partial charge in [-0.2, -0.15) is 0 Å². The Balaban J connectivity index is -0.000000268. The minimum absolute atomic E-state index is 0.250. The van der Waals surface area contributed by atoms with Crippen LogP contribution in [0.3, 0.4) is 0 Å². The Kier molecular flexibility index (Phi) is 17.9. The third-order valence-electron chi connectivity index (χ3n) is 3.06. The zero-order valence-electron chi connectivity index (χ0n) is 14.5. The topological polar surface area (TPSA) is 60.7 Å². The Labute approximate surface area is 140 Å². The van der Waals surface area contributed by atoms with Crippen LogP contribution in [0.2, 0.25) is 0 Å². The van der Waals surface area contributed by atoms with Gasteiger partial charge in [-0.3, -0.25) is 0 Å². The summed E-state index contributed by atoms with van der Waals surface area (Å²) in [5, 5.41) is 22.7. The molecular weight excluding hydrogens is 331 g/mol. The third kappa shape index (κ3) is 9.23. The van der Waals surface area contributed by atoms with Crippen molar-refractivity contribution in [2.45, 2.75) is 55.4 Å². The molecule has 1 aliphatic rings. The monoisotopic (exact) mass is 363 g/mol. The Morgan fingerprint density at radius 2 is 1.05 bits per heavy atom. The second-order valence-corrected chi connectivity index (χ2v) is 6.05. The van der Waals surface area contributed by atoms with E-state index in [2.05, 4.69) is 34.6 Å². The Bertz CT molecular complexity index is 274. The van der Waals surface area contributed by atoms with Crippen molar-refractivity contribution in [2.75, 3.05) is 19.8 Å². The molecule has 20 heavy (non-hydrogen) atoms. The van der Waals surface area contributed by atoms with Crippen molar-refractivity contribution >= 4 is 0 Å². The first-order valence-electron chi connectivity index (χ1n) is 7.07. The van der Waals surface area contributed by atoms with Crippen molar-refractivity contribution in [2.24, 2.45) is 5.41 Å². The zero-order valence-corrected chi connectivity index (χ0v) is 16.9. The van der Waals surface area contributed by atoms with Crippen molar-refractivity contribution in [3.05, 3.63) is 20.0 Å². The molecule has 0 bridgehead atoms. The number of hydrogen-bond donors (Lipinski definition) is 3. The molecule has 0 aromatic heterocycles. The molecule has 0 atom stereocenters. The van der Waals surface area contributed by atoms with Crippen LogP contribution in [0.1, 0.15) is 55.4 Å². The summed E-state index contributed by atoms with van der Waals surface area (Å²) in [6.45, 7) is 17.2. The average Bonchev–Trinajstić information content (AvgIpc) is 2.48. The Morgan fingerprint density at radius 3 is 1.10 bits per heavy atom. The maximum absolute atomic E-state index is 7.57. The molecule has 3 N–H and O–H groups in total. The number of aliphatic hydroxyl groups is 3. The molecule has 3 nitrogen and oxygen atoms in total. The minimum Gasteiger partial charge on any atom is -0.397 e. The van der Waals surface area contributed by atoms with E-state index in [9.17, 15) is 0 Å². The van der Waals surface area contributed by atoms with Gasteiger partial charge in [0.25, 0.3) is 0 Å². The van der Waals surface area contributed by atoms with Gasteiger partial charge in [-0.25, -0.2) is 0 Å². The molecule has 119 valence electrons. The number of hydrogen-bond acceptors (Lipinski definition) is 3. The van der Waals surface area contributed by atoms with Crippen LogP contribution in [-0.2, 0) is 24.7 Å². The minimum atomic E-state index is 0.250. The second kappa shape index (κ2) is 14.2. The fourth-order valence-electron chi connectivity index (χ4n) is 1.59. The summed E-state index contributed by atoms with van der Waals surface area (Å²) < 4.78 is 1.62. The molecule has 0 aromatic carbocycles. The summed E-state index contributed by atoms with van der Waals surface area (Å²) in [6, 6.07) is 0. The van der Waals surface area contributed by atoms with E-state index in [-0.39, 0.29) is 19.8 Å². The predicted octanol–water partition coefficient (Wildman–Crippen LogP) is 3.18. The Hall–Kier alpha value is 0.243. The molecule has 0 aromatic rings. The second-order valence-electron chi connectivity index (χ2n) is 4.82. The maximum Gasteiger partial charge on any atom is 0.0402 e. The van der Waals surface area contributed by atoms with Gasteiger partial charge in [0.05, 0.1) is 0 Å². The van der Waals surface area contributed by atoms with Crippen LogP contribution in [0.4, 0.5) is 0 Å². The van der Waals surface area contributed by atoms with E-state index in [1.54, 1.807) is 54.3 Å². The summed E-state index contributed by atoms with van der Waals surface area (Å²) in [6.07, 6.45) is 0. The van der Waals surface area contributed by atoms with Gasteiger partial charge in [-0.05, 0) is 20.8 Å². The molecule has 0 amide bonds. The van der Waals surface area contributed by atoms with Crippen molar-refractivity contribution in [1.29, 1.82) is 0 Å². The first kappa shape index (κ1) is 25.2. The molecule has 1 rings (SSSR count). The molecule has 1 aliphatic carbocycles. The molecule has 0 aliphatic heterocycles. The average molecular weight is 365 g/mol. The molecule has 0 heterocycles. The van der Waals surface area contributed by atoms with Crippen LogP contribution in [0.25, 0.3) is 0 Å². The molecule has 0 fully saturated rings. The van der Waals surface area contributed by atoms with E-state index in [1.165, 1.54) is 11.1 Å². The maximum atomic E-state index is 7.57. The van der Waals surface area contributed by atoms with Gasteiger partial charge in [0, 0.05) is 19.8 Å². The van der Waals surface area contributed by atoms with Crippen LogP contribution in [0.15, 0.2) is 20.0 Å². The van der Waals surface area contributed by atoms with Gasteiger partial charge in [0.1, 0.15) is 0 Å². The van der Waals surface area contributed by atoms with Crippen LogP contribution in [-0.4, -0.2) is 35.1 Å². The SMILES string of the molecule is CC1=C(C)C(C)(C)[C]([Zr])=C1C.CCO.CCO.CCO. The number of allylic oxidation sites excluding steroid dienone is 4. The normalized spacial score (nSPS) is 15.5. The quantitative estimate of drug-likeness (QED) is 0.619. The van der Waals surface area contributed by atoms with Crippen LogP contribution in [0.5, 0.6) is 0 Å². The molecule has 0 saturated heterocycles. The molecule has 0 radical (unpaired) electrons. The summed E-state index contributed by atoms with van der Waals surface area (Å²) in [5.74, 6) is 0. The van der Waals surface area contributed by atoms with Crippen molar-refractivity contribution in [3.63, 3.8) is 0 Å². The smallest absolute Gasteiger partial charge is 0.0402 e. The first-order chi connectivity index (χ1) is 9.13. The summed E-state index contributed by atoms with van der Waals surface area (Å²) in [5.41, 5.74) is 4.96. The van der Waals surface area contributed by atoms with Gasteiger partial charge >= 0.3 is 84.8 Å². The van der Waals surface area contributed by atoms with Gasteiger partial charge < -0.3 is 15.3 Å². The fraction of sp³-hybridized carbons (Fsp3) is 0.750. The largest absolute Gasteiger partial charge is 0.397 e. The van der Waals surface area contributed by atoms with Gasteiger partial charge in [-0.1, -0.05) is 0 Å². The zero-order chi connectivity index (χ0) is 16.9. The van der Waals surface area contributed by atoms with Crippen LogP contribution >= 0.6 is 0 Å². The third-order valence-corrected chi connectivity index (χ3v) is 5.52. The predicted molar refractivity (Wildman–Crippen MR) is 83.1 cm³/mol. The molecule has 0 saturated carbocycles. The number of rotatable bonds is 0. The summed E-state index contributed by atoms with van der Waals surface area (Å²) in [4.78, 5) is 0. The van der Waals surface area contributed by atoms with E-state index in [1.807, 2.05) is 0 Å². The van der Waals surface area contributed by atoms with E-state index in [0.29, 0.717) is 5.41 Å². The Morgan fingerprint density at radius 1 is 0.800 bits per heavy atom. The van der Waals surface area contributed by atoms with Crippen LogP contribution < -0.4 is 0 Å². The number of aliphatic hydroxyl groups excluding tert-OH is 3. The first-order valence-corrected chi connectivity index (χ1v) is 8.30. The van der Waals surface area contributed by atoms with Crippen molar-refractivity contribution in [3.8, 4) is 0 Å². The van der Waals surface area contributed by atoms with Gasteiger partial charge in [-0.15, -0.1) is 0 Å². The summed E-state index contributed by atoms with van der Waals surface area (Å²) in [7, 11) is 0. The van der Waals surface area contributed by atoms with Crippen molar-refractivity contribution < 1.29 is 40.0 Å². The van der Waals surface area contributed by atoms with Gasteiger partial charge in [0.2, 0.25) is 0 Å². The van der Waals surface area contributed by atoms with E-state index >= 15 is 0 Å². The van der Waals surface area contributed by atoms with Crippen LogP contribution in [0, 0.1) is 5.41 Å². The van der Waals surface area contributed by atoms with E-state index in [4.69, 9.17) is 15.3 Å². The molecule has 0 spiro atoms. The van der Waals surface area contributed by atoms with Gasteiger partial charge in [0.15, 0.2) is 0 Å². The van der Waals surface area contributed by atoms with E-state index in [0.717, 1.165) is 0 Å². The van der Waals surface area contributed by atoms with Crippen molar-refractivity contribution in [1.82, 2.24) is 0 Å². The fourth-order valence-corrected chi connectivity index (χ4v) is 2.52. The molecule has 4 heteroatoms. The summed E-state index contributed by atoms with van der Waals surface area (Å²) >= 11 is 1.57. The standard InChI is InChI=1S/C10H15.3C2H6O.Zr/c1-7-6-10(4,5)9(3)8(7)2;3*1-2-3;/h1-5H3;3*3H,2H2,1H3;. The van der Waals surface area contributed by atoms with E-state index < -0.39 is 0 Å². The molecule has 0 unspecified atom stereocenters. The molecular formula is C16H33O3Zr.